The number of carbonyl (C=O) groups excluding carboxylic acids is 1. The molecule has 1 fully saturated rings. The van der Waals surface area contributed by atoms with Crippen LogP contribution in [0.15, 0.2) is 42.5 Å². The maximum atomic E-state index is 12.2. The van der Waals surface area contributed by atoms with Gasteiger partial charge in [-0.25, -0.2) is 4.79 Å². The van der Waals surface area contributed by atoms with E-state index in [0.29, 0.717) is 13.1 Å². The number of amides is 2. The Kier molecular flexibility index (Phi) is 5.13. The van der Waals surface area contributed by atoms with E-state index in [9.17, 15) is 9.90 Å². The summed E-state index contributed by atoms with van der Waals surface area (Å²) in [5, 5.41) is 14.7. The van der Waals surface area contributed by atoms with Gasteiger partial charge >= 0.3 is 6.03 Å². The minimum Gasteiger partial charge on any atom is -0.396 e. The largest absolute Gasteiger partial charge is 0.396 e. The zero-order valence-corrected chi connectivity index (χ0v) is 13.4. The van der Waals surface area contributed by atoms with Gasteiger partial charge in [0, 0.05) is 26.2 Å². The number of carbonyl (C=O) groups is 1. The Hall–Kier alpha value is -2.07. The Labute approximate surface area is 137 Å². The molecule has 4 heteroatoms. The summed E-state index contributed by atoms with van der Waals surface area (Å²) in [5.74, 6) is 0.231. The van der Waals surface area contributed by atoms with Crippen molar-refractivity contribution in [3.63, 3.8) is 0 Å². The topological polar surface area (TPSA) is 52.6 Å². The fraction of sp³-hybridized carbons (Fsp3) is 0.421. The van der Waals surface area contributed by atoms with Crippen molar-refractivity contribution in [2.24, 2.45) is 5.92 Å². The van der Waals surface area contributed by atoms with Crippen LogP contribution >= 0.6 is 0 Å². The molecule has 1 unspecified atom stereocenters. The molecule has 0 aliphatic carbocycles. The highest BCUT2D eigenvalue weighted by molar-refractivity contribution is 5.83. The fourth-order valence-electron chi connectivity index (χ4n) is 3.22. The average Bonchev–Trinajstić information content (AvgIpc) is 2.61. The SMILES string of the molecule is O=C(NCCc1ccc2ccccc2c1)N1CCCC(CO)C1. The molecule has 2 aromatic carbocycles. The first-order chi connectivity index (χ1) is 11.3. The Morgan fingerprint density at radius 2 is 2.04 bits per heavy atom. The molecule has 0 spiro atoms. The summed E-state index contributed by atoms with van der Waals surface area (Å²) in [5.41, 5.74) is 1.23. The van der Waals surface area contributed by atoms with Crippen molar-refractivity contribution >= 4 is 16.8 Å². The number of benzene rings is 2. The van der Waals surface area contributed by atoms with E-state index >= 15 is 0 Å². The Morgan fingerprint density at radius 1 is 1.22 bits per heavy atom. The van der Waals surface area contributed by atoms with Gasteiger partial charge in [-0.15, -0.1) is 0 Å². The molecule has 0 radical (unpaired) electrons. The van der Waals surface area contributed by atoms with Crippen LogP contribution in [0.2, 0.25) is 0 Å². The zero-order chi connectivity index (χ0) is 16.1. The highest BCUT2D eigenvalue weighted by Gasteiger charge is 2.22. The number of hydrogen-bond acceptors (Lipinski definition) is 2. The molecule has 2 N–H and O–H groups in total. The van der Waals surface area contributed by atoms with E-state index in [1.807, 2.05) is 17.0 Å². The molecule has 0 saturated carbocycles. The standard InChI is InChI=1S/C19H24N2O2/c22-14-16-4-3-11-21(13-16)19(23)20-10-9-15-7-8-17-5-1-2-6-18(17)12-15/h1-2,5-8,12,16,22H,3-4,9-11,13-14H2,(H,20,23). The van der Waals surface area contributed by atoms with Gasteiger partial charge in [-0.2, -0.15) is 0 Å². The molecule has 2 amide bonds. The van der Waals surface area contributed by atoms with Crippen LogP contribution in [0, 0.1) is 5.92 Å². The van der Waals surface area contributed by atoms with Gasteiger partial charge in [0.1, 0.15) is 0 Å². The zero-order valence-electron chi connectivity index (χ0n) is 13.4. The molecule has 1 heterocycles. The number of nitrogens with one attached hydrogen (secondary N) is 1. The summed E-state index contributed by atoms with van der Waals surface area (Å²) in [6.45, 7) is 2.26. The van der Waals surface area contributed by atoms with Crippen molar-refractivity contribution in [2.45, 2.75) is 19.3 Å². The van der Waals surface area contributed by atoms with Crippen molar-refractivity contribution in [2.75, 3.05) is 26.2 Å². The number of likely N-dealkylation sites (tertiary alicyclic amines) is 1. The molecule has 122 valence electrons. The van der Waals surface area contributed by atoms with Crippen LogP contribution in [0.4, 0.5) is 4.79 Å². The third kappa shape index (κ3) is 4.02. The van der Waals surface area contributed by atoms with E-state index in [1.54, 1.807) is 0 Å². The van der Waals surface area contributed by atoms with Crippen molar-refractivity contribution in [1.29, 1.82) is 0 Å². The summed E-state index contributed by atoms with van der Waals surface area (Å²) in [6.07, 6.45) is 2.81. The molecule has 4 nitrogen and oxygen atoms in total. The van der Waals surface area contributed by atoms with Crippen molar-refractivity contribution in [3.8, 4) is 0 Å². The van der Waals surface area contributed by atoms with E-state index < -0.39 is 0 Å². The Balaban J connectivity index is 1.50. The summed E-state index contributed by atoms with van der Waals surface area (Å²) in [4.78, 5) is 14.0. The lowest BCUT2D eigenvalue weighted by Crippen LogP contribution is -2.46. The van der Waals surface area contributed by atoms with Crippen molar-refractivity contribution in [3.05, 3.63) is 48.0 Å². The van der Waals surface area contributed by atoms with Crippen molar-refractivity contribution in [1.82, 2.24) is 10.2 Å². The molecule has 1 atom stereocenters. The molecule has 0 aromatic heterocycles. The van der Waals surface area contributed by atoms with Gasteiger partial charge < -0.3 is 15.3 Å². The Bertz CT molecular complexity index is 671. The number of rotatable bonds is 4. The van der Waals surface area contributed by atoms with Gasteiger partial charge in [0.15, 0.2) is 0 Å². The second-order valence-electron chi connectivity index (χ2n) is 6.30. The van der Waals surface area contributed by atoms with Crippen molar-refractivity contribution < 1.29 is 9.90 Å². The number of fused-ring (bicyclic) bond motifs is 1. The first-order valence-corrected chi connectivity index (χ1v) is 8.37. The number of urea groups is 1. The molecule has 2 aromatic rings. The number of nitrogens with zero attached hydrogens (tertiary/aromatic N) is 1. The van der Waals surface area contributed by atoms with Gasteiger partial charge in [-0.1, -0.05) is 42.5 Å². The molecule has 1 saturated heterocycles. The number of aliphatic hydroxyl groups excluding tert-OH is 1. The number of piperidine rings is 1. The third-order valence-corrected chi connectivity index (χ3v) is 4.57. The molecule has 23 heavy (non-hydrogen) atoms. The lowest BCUT2D eigenvalue weighted by Gasteiger charge is -2.31. The van der Waals surface area contributed by atoms with Crippen LogP contribution in [-0.2, 0) is 6.42 Å². The van der Waals surface area contributed by atoms with E-state index in [4.69, 9.17) is 0 Å². The first-order valence-electron chi connectivity index (χ1n) is 8.37. The lowest BCUT2D eigenvalue weighted by molar-refractivity contribution is 0.129. The third-order valence-electron chi connectivity index (χ3n) is 4.57. The van der Waals surface area contributed by atoms with Crippen LogP contribution in [0.1, 0.15) is 18.4 Å². The molecule has 0 bridgehead atoms. The average molecular weight is 312 g/mol. The summed E-state index contributed by atoms with van der Waals surface area (Å²) in [7, 11) is 0. The maximum Gasteiger partial charge on any atom is 0.317 e. The minimum absolute atomic E-state index is 0.0102. The van der Waals surface area contributed by atoms with Crippen LogP contribution in [0.25, 0.3) is 10.8 Å². The normalized spacial score (nSPS) is 18.1. The van der Waals surface area contributed by atoms with E-state index in [2.05, 4.69) is 35.6 Å². The summed E-state index contributed by atoms with van der Waals surface area (Å²) in [6, 6.07) is 14.7. The van der Waals surface area contributed by atoms with E-state index in [1.165, 1.54) is 16.3 Å². The summed E-state index contributed by atoms with van der Waals surface area (Å²) >= 11 is 0. The number of aliphatic hydroxyl groups is 1. The van der Waals surface area contributed by atoms with Crippen LogP contribution in [0.5, 0.6) is 0 Å². The molecular formula is C19H24N2O2. The predicted octanol–water partition coefficient (Wildman–Crippen LogP) is 2.80. The van der Waals surface area contributed by atoms with Gasteiger partial charge in [0.05, 0.1) is 0 Å². The van der Waals surface area contributed by atoms with E-state index in [0.717, 1.165) is 25.8 Å². The molecule has 3 rings (SSSR count). The minimum atomic E-state index is -0.0102. The second kappa shape index (κ2) is 7.47. The molecule has 1 aliphatic rings. The molecular weight excluding hydrogens is 288 g/mol. The monoisotopic (exact) mass is 312 g/mol. The van der Waals surface area contributed by atoms with Gasteiger partial charge in [-0.3, -0.25) is 0 Å². The van der Waals surface area contributed by atoms with Gasteiger partial charge in [0.25, 0.3) is 0 Å². The van der Waals surface area contributed by atoms with E-state index in [-0.39, 0.29) is 18.6 Å². The first kappa shape index (κ1) is 15.8. The quantitative estimate of drug-likeness (QED) is 0.912. The highest BCUT2D eigenvalue weighted by atomic mass is 16.3. The van der Waals surface area contributed by atoms with Gasteiger partial charge in [0.2, 0.25) is 0 Å². The fourth-order valence-corrected chi connectivity index (χ4v) is 3.22. The highest BCUT2D eigenvalue weighted by Crippen LogP contribution is 2.17. The van der Waals surface area contributed by atoms with Crippen LogP contribution in [0.3, 0.4) is 0 Å². The molecule has 1 aliphatic heterocycles. The predicted molar refractivity (Wildman–Crippen MR) is 92.4 cm³/mol. The second-order valence-corrected chi connectivity index (χ2v) is 6.30. The van der Waals surface area contributed by atoms with Gasteiger partial charge in [-0.05, 0) is 41.5 Å². The van der Waals surface area contributed by atoms with Crippen LogP contribution in [-0.4, -0.2) is 42.3 Å². The number of hydrogen-bond donors (Lipinski definition) is 2. The maximum absolute atomic E-state index is 12.2. The lowest BCUT2D eigenvalue weighted by atomic mass is 9.99. The Morgan fingerprint density at radius 3 is 2.87 bits per heavy atom. The summed E-state index contributed by atoms with van der Waals surface area (Å²) < 4.78 is 0. The van der Waals surface area contributed by atoms with Crippen LogP contribution < -0.4 is 5.32 Å². The smallest absolute Gasteiger partial charge is 0.317 e.